The molecule has 0 bridgehead atoms. The van der Waals surface area contributed by atoms with Crippen LogP contribution in [0.5, 0.6) is 11.5 Å². The van der Waals surface area contributed by atoms with Gasteiger partial charge in [-0.15, -0.1) is 11.3 Å². The Kier molecular flexibility index (Phi) is 6.94. The van der Waals surface area contributed by atoms with E-state index in [0.717, 1.165) is 16.5 Å². The topological polar surface area (TPSA) is 79.7 Å². The molecule has 0 radical (unpaired) electrons. The number of hydrogen-bond acceptors (Lipinski definition) is 7. The number of thiazole rings is 1. The molecule has 0 saturated carbocycles. The van der Waals surface area contributed by atoms with E-state index in [1.165, 1.54) is 25.6 Å². The number of esters is 1. The number of nitrogens with zero attached hydrogens (tertiary/aromatic N) is 2. The lowest BCUT2D eigenvalue weighted by molar-refractivity contribution is -0.141. The standard InChI is InChI=1S/C21H21BrN2O5S/c1-12-7-15(13(2)24(12)21-23-5-6-30-21)17(25)11-29-20(26)9-14-8-18(27-3)19(28-4)10-16(14)22/h5-8,10H,9,11H2,1-4H3. The lowest BCUT2D eigenvalue weighted by Gasteiger charge is -2.11. The van der Waals surface area contributed by atoms with Gasteiger partial charge in [-0.05, 0) is 37.6 Å². The maximum Gasteiger partial charge on any atom is 0.310 e. The Bertz CT molecular complexity index is 1080. The van der Waals surface area contributed by atoms with Gasteiger partial charge in [-0.1, -0.05) is 15.9 Å². The molecule has 0 N–H and O–H groups in total. The van der Waals surface area contributed by atoms with Crippen molar-refractivity contribution in [3.8, 4) is 16.6 Å². The van der Waals surface area contributed by atoms with Crippen LogP contribution < -0.4 is 9.47 Å². The van der Waals surface area contributed by atoms with Gasteiger partial charge in [0.25, 0.3) is 0 Å². The van der Waals surface area contributed by atoms with E-state index in [4.69, 9.17) is 14.2 Å². The van der Waals surface area contributed by atoms with Crippen LogP contribution in [-0.2, 0) is 16.0 Å². The van der Waals surface area contributed by atoms with Crippen molar-refractivity contribution < 1.29 is 23.8 Å². The largest absolute Gasteiger partial charge is 0.493 e. The summed E-state index contributed by atoms with van der Waals surface area (Å²) in [6.45, 7) is 3.43. The fraction of sp³-hybridized carbons (Fsp3) is 0.286. The number of carbonyl (C=O) groups excluding carboxylic acids is 2. The zero-order valence-electron chi connectivity index (χ0n) is 17.0. The highest BCUT2D eigenvalue weighted by Gasteiger charge is 2.20. The summed E-state index contributed by atoms with van der Waals surface area (Å²) < 4.78 is 18.3. The summed E-state index contributed by atoms with van der Waals surface area (Å²) in [6.07, 6.45) is 1.71. The number of aromatic nitrogens is 2. The Morgan fingerprint density at radius 3 is 2.47 bits per heavy atom. The number of aryl methyl sites for hydroxylation is 1. The minimum atomic E-state index is -0.509. The maximum atomic E-state index is 12.7. The average molecular weight is 493 g/mol. The van der Waals surface area contributed by atoms with Crippen LogP contribution in [0, 0.1) is 13.8 Å². The normalized spacial score (nSPS) is 10.7. The molecule has 0 amide bonds. The first-order valence-corrected chi connectivity index (χ1v) is 10.7. The van der Waals surface area contributed by atoms with Gasteiger partial charge in [-0.2, -0.15) is 0 Å². The third-order valence-electron chi connectivity index (χ3n) is 4.59. The third-order valence-corrected chi connectivity index (χ3v) is 6.09. The third kappa shape index (κ3) is 4.57. The maximum absolute atomic E-state index is 12.7. The van der Waals surface area contributed by atoms with Gasteiger partial charge in [-0.3, -0.25) is 14.2 Å². The van der Waals surface area contributed by atoms with Gasteiger partial charge in [0, 0.05) is 33.0 Å². The van der Waals surface area contributed by atoms with Crippen molar-refractivity contribution in [2.75, 3.05) is 20.8 Å². The van der Waals surface area contributed by atoms with Crippen LogP contribution in [0.15, 0.2) is 34.2 Å². The highest BCUT2D eigenvalue weighted by atomic mass is 79.9. The molecule has 0 fully saturated rings. The van der Waals surface area contributed by atoms with E-state index in [1.807, 2.05) is 23.8 Å². The van der Waals surface area contributed by atoms with E-state index >= 15 is 0 Å². The number of benzene rings is 1. The van der Waals surface area contributed by atoms with Gasteiger partial charge in [-0.25, -0.2) is 4.98 Å². The zero-order valence-corrected chi connectivity index (χ0v) is 19.4. The van der Waals surface area contributed by atoms with Gasteiger partial charge in [0.15, 0.2) is 23.2 Å². The number of ketones is 1. The van der Waals surface area contributed by atoms with E-state index in [-0.39, 0.29) is 18.8 Å². The predicted octanol–water partition coefficient (Wildman–Crippen LogP) is 4.30. The molecule has 9 heteroatoms. The van der Waals surface area contributed by atoms with Gasteiger partial charge < -0.3 is 14.2 Å². The smallest absolute Gasteiger partial charge is 0.310 e. The first-order chi connectivity index (χ1) is 14.3. The number of methoxy groups -OCH3 is 2. The lowest BCUT2D eigenvalue weighted by atomic mass is 10.1. The number of halogens is 1. The Balaban J connectivity index is 1.67. The molecule has 0 saturated heterocycles. The monoisotopic (exact) mass is 492 g/mol. The molecule has 0 atom stereocenters. The minimum absolute atomic E-state index is 0.00758. The van der Waals surface area contributed by atoms with Gasteiger partial charge in [0.2, 0.25) is 5.78 Å². The van der Waals surface area contributed by atoms with Crippen molar-refractivity contribution in [2.45, 2.75) is 20.3 Å². The Labute approximate surface area is 186 Å². The predicted molar refractivity (Wildman–Crippen MR) is 117 cm³/mol. The van der Waals surface area contributed by atoms with Crippen LogP contribution in [-0.4, -0.2) is 42.1 Å². The Morgan fingerprint density at radius 2 is 1.83 bits per heavy atom. The summed E-state index contributed by atoms with van der Waals surface area (Å²) in [6, 6.07) is 5.21. The van der Waals surface area contributed by atoms with Crippen LogP contribution in [0.3, 0.4) is 0 Å². The van der Waals surface area contributed by atoms with Crippen LogP contribution in [0.1, 0.15) is 27.3 Å². The number of hydrogen-bond donors (Lipinski definition) is 0. The molecule has 0 aliphatic rings. The van der Waals surface area contributed by atoms with Gasteiger partial charge in [0.1, 0.15) is 0 Å². The molecule has 2 aromatic heterocycles. The van der Waals surface area contributed by atoms with E-state index in [9.17, 15) is 9.59 Å². The summed E-state index contributed by atoms with van der Waals surface area (Å²) in [7, 11) is 3.06. The van der Waals surface area contributed by atoms with Crippen molar-refractivity contribution in [1.29, 1.82) is 0 Å². The molecule has 7 nitrogen and oxygen atoms in total. The summed E-state index contributed by atoms with van der Waals surface area (Å²) in [5, 5.41) is 2.67. The second-order valence-electron chi connectivity index (χ2n) is 6.49. The zero-order chi connectivity index (χ0) is 21.8. The van der Waals surface area contributed by atoms with Crippen LogP contribution in [0.4, 0.5) is 0 Å². The van der Waals surface area contributed by atoms with Crippen LogP contribution in [0.2, 0.25) is 0 Å². The number of rotatable bonds is 8. The number of Topliss-reactive ketones (excluding diaryl/α,β-unsaturated/α-hetero) is 1. The van der Waals surface area contributed by atoms with E-state index in [1.54, 1.807) is 24.4 Å². The second kappa shape index (κ2) is 9.44. The molecule has 2 heterocycles. The second-order valence-corrected chi connectivity index (χ2v) is 8.22. The van der Waals surface area contributed by atoms with Crippen LogP contribution in [0.25, 0.3) is 5.13 Å². The molecule has 30 heavy (non-hydrogen) atoms. The minimum Gasteiger partial charge on any atom is -0.493 e. The summed E-state index contributed by atoms with van der Waals surface area (Å²) in [5.41, 5.74) is 2.85. The fourth-order valence-electron chi connectivity index (χ4n) is 3.13. The first kappa shape index (κ1) is 22.0. The lowest BCUT2D eigenvalue weighted by Crippen LogP contribution is -2.16. The Morgan fingerprint density at radius 1 is 1.13 bits per heavy atom. The van der Waals surface area contributed by atoms with Crippen molar-refractivity contribution in [3.05, 3.63) is 56.8 Å². The molecule has 0 aliphatic heterocycles. The van der Waals surface area contributed by atoms with Crippen molar-refractivity contribution in [1.82, 2.24) is 9.55 Å². The van der Waals surface area contributed by atoms with Crippen molar-refractivity contribution >= 4 is 39.0 Å². The first-order valence-electron chi connectivity index (χ1n) is 9.03. The van der Waals surface area contributed by atoms with E-state index in [2.05, 4.69) is 20.9 Å². The molecule has 3 aromatic rings. The number of carbonyl (C=O) groups is 2. The Hall–Kier alpha value is -2.65. The molecule has 158 valence electrons. The van der Waals surface area contributed by atoms with Crippen molar-refractivity contribution in [2.24, 2.45) is 0 Å². The van der Waals surface area contributed by atoms with Gasteiger partial charge >= 0.3 is 5.97 Å². The molecule has 0 unspecified atom stereocenters. The summed E-state index contributed by atoms with van der Waals surface area (Å²) in [5.74, 6) is 0.289. The quantitative estimate of drug-likeness (QED) is 0.344. The number of ether oxygens (including phenoxy) is 3. The van der Waals surface area contributed by atoms with Gasteiger partial charge in [0.05, 0.1) is 20.6 Å². The molecule has 0 spiro atoms. The highest BCUT2D eigenvalue weighted by molar-refractivity contribution is 9.10. The SMILES string of the molecule is COc1cc(Br)c(CC(=O)OCC(=O)c2cc(C)n(-c3nccs3)c2C)cc1OC. The molecule has 0 aliphatic carbocycles. The summed E-state index contributed by atoms with van der Waals surface area (Å²) >= 11 is 4.91. The van der Waals surface area contributed by atoms with E-state index in [0.29, 0.717) is 27.1 Å². The molecule has 3 rings (SSSR count). The summed E-state index contributed by atoms with van der Waals surface area (Å²) in [4.78, 5) is 29.3. The van der Waals surface area contributed by atoms with Crippen LogP contribution >= 0.6 is 27.3 Å². The molecule has 1 aromatic carbocycles. The molecular formula is C21H21BrN2O5S. The van der Waals surface area contributed by atoms with Crippen molar-refractivity contribution in [3.63, 3.8) is 0 Å². The van der Waals surface area contributed by atoms with E-state index < -0.39 is 5.97 Å². The average Bonchev–Trinajstić information content (AvgIpc) is 3.34. The fourth-order valence-corrected chi connectivity index (χ4v) is 4.34. The molecular weight excluding hydrogens is 472 g/mol. The highest BCUT2D eigenvalue weighted by Crippen LogP contribution is 2.33.